The zero-order valence-electron chi connectivity index (χ0n) is 7.78. The van der Waals surface area contributed by atoms with Crippen molar-refractivity contribution in [2.24, 2.45) is 11.8 Å². The van der Waals surface area contributed by atoms with Crippen molar-refractivity contribution in [1.29, 1.82) is 0 Å². The molecular weight excluding hydrogens is 188 g/mol. The predicted octanol–water partition coefficient (Wildman–Crippen LogP) is 0.996. The topological polar surface area (TPSA) is 73.1 Å². The maximum absolute atomic E-state index is 5.38. The molecule has 0 saturated heterocycles. The van der Waals surface area contributed by atoms with E-state index in [1.54, 1.807) is 0 Å². The number of rotatable bonds is 5. The van der Waals surface area contributed by atoms with Crippen LogP contribution in [-0.2, 0) is 11.3 Å². The second-order valence-corrected chi connectivity index (χ2v) is 4.12. The van der Waals surface area contributed by atoms with Crippen molar-refractivity contribution in [2.75, 3.05) is 12.0 Å². The summed E-state index contributed by atoms with van der Waals surface area (Å²) in [7, 11) is 0. The first-order chi connectivity index (χ1) is 6.22. The van der Waals surface area contributed by atoms with Crippen LogP contribution in [0.5, 0.6) is 0 Å². The molecule has 0 unspecified atom stereocenters. The van der Waals surface area contributed by atoms with Gasteiger partial charge in [0.2, 0.25) is 5.13 Å². The molecular formula is C7H14N4OS. The third kappa shape index (κ3) is 3.67. The fourth-order valence-corrected chi connectivity index (χ4v) is 1.34. The molecule has 1 aromatic heterocycles. The van der Waals surface area contributed by atoms with Gasteiger partial charge >= 0.3 is 0 Å². The Morgan fingerprint density at radius 2 is 2.31 bits per heavy atom. The van der Waals surface area contributed by atoms with Gasteiger partial charge in [0.1, 0.15) is 11.6 Å². The number of nitrogens with zero attached hydrogens (tertiary/aromatic N) is 2. The van der Waals surface area contributed by atoms with Gasteiger partial charge < -0.3 is 4.74 Å². The Hall–Kier alpha value is -0.720. The molecule has 1 heterocycles. The number of nitrogen functional groups attached to an aromatic ring is 1. The number of ether oxygens (including phenoxy) is 1. The third-order valence-electron chi connectivity index (χ3n) is 1.27. The Morgan fingerprint density at radius 3 is 2.85 bits per heavy atom. The Bertz CT molecular complexity index is 250. The summed E-state index contributed by atoms with van der Waals surface area (Å²) in [6.07, 6.45) is 0. The molecule has 5 nitrogen and oxygen atoms in total. The molecule has 0 spiro atoms. The number of hydrogen-bond acceptors (Lipinski definition) is 6. The fourth-order valence-electron chi connectivity index (χ4n) is 0.752. The first-order valence-corrected chi connectivity index (χ1v) is 4.90. The van der Waals surface area contributed by atoms with Crippen LogP contribution in [0.3, 0.4) is 0 Å². The highest BCUT2D eigenvalue weighted by Crippen LogP contribution is 2.14. The maximum Gasteiger partial charge on any atom is 0.219 e. The molecule has 0 amide bonds. The highest BCUT2D eigenvalue weighted by atomic mass is 32.1. The summed E-state index contributed by atoms with van der Waals surface area (Å²) >= 11 is 1.40. The lowest BCUT2D eigenvalue weighted by Gasteiger charge is -2.03. The van der Waals surface area contributed by atoms with E-state index in [-0.39, 0.29) is 0 Å². The number of aromatic nitrogens is 2. The minimum Gasteiger partial charge on any atom is -0.374 e. The average Bonchev–Trinajstić information content (AvgIpc) is 2.52. The van der Waals surface area contributed by atoms with Gasteiger partial charge in [0.15, 0.2) is 0 Å². The van der Waals surface area contributed by atoms with E-state index in [1.807, 2.05) is 0 Å². The first-order valence-electron chi connectivity index (χ1n) is 4.09. The van der Waals surface area contributed by atoms with Crippen LogP contribution in [0, 0.1) is 5.92 Å². The van der Waals surface area contributed by atoms with Crippen molar-refractivity contribution in [1.82, 2.24) is 10.2 Å². The summed E-state index contributed by atoms with van der Waals surface area (Å²) in [5.74, 6) is 5.70. The summed E-state index contributed by atoms with van der Waals surface area (Å²) in [5.41, 5.74) is 2.44. The Morgan fingerprint density at radius 1 is 1.54 bits per heavy atom. The lowest BCUT2D eigenvalue weighted by molar-refractivity contribution is 0.0965. The van der Waals surface area contributed by atoms with Crippen LogP contribution in [-0.4, -0.2) is 16.8 Å². The van der Waals surface area contributed by atoms with Crippen molar-refractivity contribution < 1.29 is 4.74 Å². The molecule has 0 fully saturated rings. The van der Waals surface area contributed by atoms with E-state index < -0.39 is 0 Å². The van der Waals surface area contributed by atoms with Crippen LogP contribution in [0.15, 0.2) is 0 Å². The highest BCUT2D eigenvalue weighted by molar-refractivity contribution is 7.15. The summed E-state index contributed by atoms with van der Waals surface area (Å²) in [4.78, 5) is 0. The van der Waals surface area contributed by atoms with Crippen LogP contribution < -0.4 is 11.3 Å². The summed E-state index contributed by atoms with van der Waals surface area (Å²) in [5, 5.41) is 9.13. The first kappa shape index (κ1) is 10.4. The van der Waals surface area contributed by atoms with Gasteiger partial charge in [-0.3, -0.25) is 5.43 Å². The maximum atomic E-state index is 5.38. The minimum absolute atomic E-state index is 0.511. The number of hydrazine groups is 1. The zero-order valence-corrected chi connectivity index (χ0v) is 8.60. The van der Waals surface area contributed by atoms with Crippen molar-refractivity contribution in [3.8, 4) is 0 Å². The molecule has 0 aliphatic carbocycles. The molecule has 3 N–H and O–H groups in total. The van der Waals surface area contributed by atoms with E-state index in [4.69, 9.17) is 10.6 Å². The van der Waals surface area contributed by atoms with Crippen LogP contribution in [0.1, 0.15) is 18.9 Å². The van der Waals surface area contributed by atoms with Gasteiger partial charge in [-0.25, -0.2) is 5.84 Å². The summed E-state index contributed by atoms with van der Waals surface area (Å²) < 4.78 is 5.38. The van der Waals surface area contributed by atoms with E-state index in [9.17, 15) is 0 Å². The molecule has 0 radical (unpaired) electrons. The minimum atomic E-state index is 0.511. The lowest BCUT2D eigenvalue weighted by Crippen LogP contribution is -2.05. The molecule has 0 bridgehead atoms. The van der Waals surface area contributed by atoms with Crippen molar-refractivity contribution >= 4 is 16.5 Å². The van der Waals surface area contributed by atoms with Crippen molar-refractivity contribution in [3.05, 3.63) is 5.01 Å². The van der Waals surface area contributed by atoms with Crippen molar-refractivity contribution in [3.63, 3.8) is 0 Å². The van der Waals surface area contributed by atoms with E-state index in [2.05, 4.69) is 29.5 Å². The number of hydrogen-bond donors (Lipinski definition) is 2. The molecule has 0 aliphatic heterocycles. The zero-order chi connectivity index (χ0) is 9.68. The molecule has 1 rings (SSSR count). The lowest BCUT2D eigenvalue weighted by atomic mass is 10.2. The standard InChI is InChI=1S/C7H14N4OS/c1-5(2)3-12-4-6-10-11-7(9-8)13-6/h5H,3-4,8H2,1-2H3,(H,9,11). The van der Waals surface area contributed by atoms with Gasteiger partial charge in [0, 0.05) is 6.61 Å². The van der Waals surface area contributed by atoms with Crippen LogP contribution in [0.2, 0.25) is 0 Å². The smallest absolute Gasteiger partial charge is 0.219 e. The van der Waals surface area contributed by atoms with Crippen molar-refractivity contribution in [2.45, 2.75) is 20.5 Å². The number of nitrogens with two attached hydrogens (primary N) is 1. The van der Waals surface area contributed by atoms with Gasteiger partial charge in [-0.05, 0) is 5.92 Å². The molecule has 0 aliphatic rings. The predicted molar refractivity (Wildman–Crippen MR) is 52.2 cm³/mol. The SMILES string of the molecule is CC(C)COCc1nnc(NN)s1. The Kier molecular flexibility index (Phi) is 4.07. The number of anilines is 1. The van der Waals surface area contributed by atoms with Crippen LogP contribution >= 0.6 is 11.3 Å². The van der Waals surface area contributed by atoms with Crippen LogP contribution in [0.25, 0.3) is 0 Å². The van der Waals surface area contributed by atoms with Crippen LogP contribution in [0.4, 0.5) is 5.13 Å². The summed E-state index contributed by atoms with van der Waals surface area (Å²) in [6.45, 7) is 5.46. The van der Waals surface area contributed by atoms with Gasteiger partial charge in [-0.2, -0.15) is 0 Å². The Balaban J connectivity index is 2.28. The van der Waals surface area contributed by atoms with E-state index in [0.29, 0.717) is 17.7 Å². The van der Waals surface area contributed by atoms with Gasteiger partial charge in [0.05, 0.1) is 0 Å². The highest BCUT2D eigenvalue weighted by Gasteiger charge is 2.02. The molecule has 74 valence electrons. The summed E-state index contributed by atoms with van der Waals surface area (Å²) in [6, 6.07) is 0. The van der Waals surface area contributed by atoms with E-state index in [1.165, 1.54) is 11.3 Å². The fraction of sp³-hybridized carbons (Fsp3) is 0.714. The quantitative estimate of drug-likeness (QED) is 0.550. The van der Waals surface area contributed by atoms with Gasteiger partial charge in [0.25, 0.3) is 0 Å². The molecule has 0 atom stereocenters. The molecule has 0 saturated carbocycles. The third-order valence-corrected chi connectivity index (χ3v) is 2.10. The van der Waals surface area contributed by atoms with E-state index >= 15 is 0 Å². The molecule has 0 aromatic carbocycles. The Labute approximate surface area is 81.3 Å². The average molecular weight is 202 g/mol. The van der Waals surface area contributed by atoms with Gasteiger partial charge in [-0.15, -0.1) is 10.2 Å². The molecule has 6 heteroatoms. The molecule has 13 heavy (non-hydrogen) atoms. The molecule has 1 aromatic rings. The van der Waals surface area contributed by atoms with Gasteiger partial charge in [-0.1, -0.05) is 25.2 Å². The van der Waals surface area contributed by atoms with E-state index in [0.717, 1.165) is 11.6 Å². The second kappa shape index (κ2) is 5.11. The normalized spacial score (nSPS) is 10.8. The second-order valence-electron chi connectivity index (χ2n) is 3.05. The largest absolute Gasteiger partial charge is 0.374 e. The number of nitrogens with one attached hydrogen (secondary N) is 1. The monoisotopic (exact) mass is 202 g/mol.